The Kier molecular flexibility index (Phi) is 21.2. The van der Waals surface area contributed by atoms with Crippen LogP contribution in [0.3, 0.4) is 0 Å². The van der Waals surface area contributed by atoms with Gasteiger partial charge >= 0.3 is 0 Å². The molecule has 0 unspecified atom stereocenters. The lowest BCUT2D eigenvalue weighted by atomic mass is 9.97. The normalized spacial score (nSPS) is 12.2. The van der Waals surface area contributed by atoms with Crippen LogP contribution >= 0.6 is 0 Å². The molecule has 0 aliphatic carbocycles. The second kappa shape index (κ2) is 34.3. The lowest BCUT2D eigenvalue weighted by Crippen LogP contribution is -2.00. The molecule has 0 aliphatic rings. The molecule has 6 heteroatoms. The number of fused-ring (bicyclic) bond motifs is 36. The first-order valence-corrected chi connectivity index (χ1v) is 49.8. The molecule has 22 aromatic carbocycles. The molecule has 0 radical (unpaired) electrons. The Hall–Kier alpha value is -16.0. The highest BCUT2D eigenvalue weighted by Crippen LogP contribution is 2.48. The second-order valence-corrected chi connectivity index (χ2v) is 40.1. The molecule has 0 amide bonds. The van der Waals surface area contributed by atoms with Gasteiger partial charge in [-0.2, -0.15) is 0 Å². The minimum Gasteiger partial charge on any atom is -0.338 e. The van der Waals surface area contributed by atoms with E-state index >= 15 is 0 Å². The van der Waals surface area contributed by atoms with Crippen LogP contribution in [-0.4, -0.2) is 27.2 Å². The number of para-hydroxylation sites is 2. The van der Waals surface area contributed by atoms with Crippen LogP contribution in [0.25, 0.3) is 244 Å². The zero-order valence-electron chi connectivity index (χ0n) is 81.3. The van der Waals surface area contributed by atoms with Crippen LogP contribution in [0.2, 0.25) is 0 Å². The quantitative estimate of drug-likeness (QED) is 0.159. The van der Waals surface area contributed by atoms with E-state index in [0.29, 0.717) is 36.1 Å². The third-order valence-corrected chi connectivity index (χ3v) is 29.6. The fraction of sp³-hybridized carbons (Fsp3) is 0.143. The summed E-state index contributed by atoms with van der Waals surface area (Å²) in [6, 6.07) is 151. The van der Waals surface area contributed by atoms with E-state index in [1.165, 1.54) is 255 Å². The average molecular weight is 1790 g/mol. The largest absolute Gasteiger partial charge is 0.338 e. The minimum atomic E-state index is 0.404. The molecule has 29 rings (SSSR count). The van der Waals surface area contributed by atoms with E-state index in [-0.39, 0.29) is 0 Å². The van der Waals surface area contributed by atoms with Crippen molar-refractivity contribution in [1.82, 2.24) is 27.2 Å². The summed E-state index contributed by atoms with van der Waals surface area (Å²) < 4.78 is 14.9. The standard InChI is InChI=1S/4C23H19N.C21H17N.C20H19N/c1-15(2)24-22-13-18-9-5-3-7-16(18)11-20(22)21-12-17-8-4-6-10-19(17)14-23(21)24;1-15(2)24-20-13-11-16-7-3-5-9-18(16)22(20)23-19-10-6-4-8-17(19)12-14-21(23)24;1-15(2)24-22-18-9-5-3-7-16(18)11-13-20(22)21-14-12-17-8-4-6-10-19(17)23(21)24;1-15(2)24-22-14-18-9-4-3-8-17(18)13-21(22)20-12-11-16-7-5-6-10-19(16)23(20)24;1-13(2)14-11-17-15-7-3-5-9-19(15)22-20-10-6-4-8-16(20)18(12-14)21(17)22;1-13(2)21-18-10-8-14(3)12-17(18)20-16-7-5-4-6-15(16)9-11-19(20)21/h4*3-15H,1-2H3;3-13H,1-2H3;4-13H,1-3H3. The topological polar surface area (TPSA) is 29.1 Å². The molecule has 0 atom stereocenters. The van der Waals surface area contributed by atoms with Crippen molar-refractivity contribution in [2.24, 2.45) is 0 Å². The van der Waals surface area contributed by atoms with Crippen LogP contribution < -0.4 is 0 Å². The summed E-state index contributed by atoms with van der Waals surface area (Å²) in [7, 11) is 0. The maximum absolute atomic E-state index is 2.52. The first-order valence-electron chi connectivity index (χ1n) is 49.8. The van der Waals surface area contributed by atoms with Gasteiger partial charge in [0.1, 0.15) is 0 Å². The van der Waals surface area contributed by atoms with Crippen molar-refractivity contribution in [3.8, 4) is 0 Å². The van der Waals surface area contributed by atoms with Crippen LogP contribution in [0.4, 0.5) is 0 Å². The highest BCUT2D eigenvalue weighted by Gasteiger charge is 2.25. The summed E-state index contributed by atoms with van der Waals surface area (Å²) in [5.74, 6) is 0.538. The molecule has 7 heterocycles. The van der Waals surface area contributed by atoms with Crippen LogP contribution in [0.5, 0.6) is 0 Å². The average Bonchev–Trinajstić information content (AvgIpc) is 1.54. The molecule has 674 valence electrons. The Morgan fingerprint density at radius 1 is 0.151 bits per heavy atom. The number of nitrogens with zero attached hydrogens (tertiary/aromatic N) is 6. The van der Waals surface area contributed by atoms with E-state index in [9.17, 15) is 0 Å². The number of benzene rings is 22. The molecule has 0 fully saturated rings. The number of aromatic nitrogens is 6. The summed E-state index contributed by atoms with van der Waals surface area (Å²) in [5.41, 5.74) is 20.1. The van der Waals surface area contributed by atoms with Gasteiger partial charge in [-0.1, -0.05) is 335 Å². The zero-order chi connectivity index (χ0) is 94.4. The Balaban J connectivity index is 0.0000000907. The molecular weight excluding hydrogens is 1680 g/mol. The molecule has 0 saturated carbocycles. The number of hydrogen-bond acceptors (Lipinski definition) is 0. The summed E-state index contributed by atoms with van der Waals surface area (Å²) in [4.78, 5) is 0. The predicted molar refractivity (Wildman–Crippen MR) is 607 cm³/mol. The summed E-state index contributed by atoms with van der Waals surface area (Å²) in [6.07, 6.45) is 0. The molecular formula is C133H112N6. The van der Waals surface area contributed by atoms with Gasteiger partial charge in [0.15, 0.2) is 0 Å². The van der Waals surface area contributed by atoms with Crippen molar-refractivity contribution in [1.29, 1.82) is 0 Å². The first kappa shape index (κ1) is 85.9. The van der Waals surface area contributed by atoms with Gasteiger partial charge in [-0.3, -0.25) is 0 Å². The van der Waals surface area contributed by atoms with Gasteiger partial charge in [0.2, 0.25) is 0 Å². The van der Waals surface area contributed by atoms with Gasteiger partial charge in [-0.05, 0) is 259 Å². The first-order chi connectivity index (χ1) is 67.9. The number of hydrogen-bond donors (Lipinski definition) is 0. The lowest BCUT2D eigenvalue weighted by Gasteiger charge is -2.14. The predicted octanol–water partition coefficient (Wildman–Crippen LogP) is 38.5. The highest BCUT2D eigenvalue weighted by molar-refractivity contribution is 6.30. The maximum atomic E-state index is 2.52. The van der Waals surface area contributed by atoms with Crippen molar-refractivity contribution < 1.29 is 0 Å². The van der Waals surface area contributed by atoms with E-state index < -0.39 is 0 Å². The third kappa shape index (κ3) is 14.2. The summed E-state index contributed by atoms with van der Waals surface area (Å²) in [5, 5.41) is 42.8. The van der Waals surface area contributed by atoms with E-state index in [0.717, 1.165) is 0 Å². The van der Waals surface area contributed by atoms with Crippen LogP contribution in [-0.2, 0) is 0 Å². The highest BCUT2D eigenvalue weighted by atomic mass is 15.0. The van der Waals surface area contributed by atoms with Crippen molar-refractivity contribution in [3.05, 3.63) is 418 Å². The lowest BCUT2D eigenvalue weighted by molar-refractivity contribution is 0.642. The fourth-order valence-electron chi connectivity index (χ4n) is 23.5. The number of aryl methyl sites for hydroxylation is 1. The van der Waals surface area contributed by atoms with Crippen LogP contribution in [0, 0.1) is 6.92 Å². The summed E-state index contributed by atoms with van der Waals surface area (Å²) >= 11 is 0. The molecule has 0 saturated heterocycles. The number of rotatable bonds is 6. The zero-order valence-corrected chi connectivity index (χ0v) is 81.3. The minimum absolute atomic E-state index is 0.404. The molecule has 0 N–H and O–H groups in total. The van der Waals surface area contributed by atoms with Crippen LogP contribution in [0.15, 0.2) is 406 Å². The Morgan fingerprint density at radius 2 is 0.417 bits per heavy atom. The van der Waals surface area contributed by atoms with E-state index in [4.69, 9.17) is 0 Å². The van der Waals surface area contributed by atoms with Gasteiger partial charge < -0.3 is 27.2 Å². The fourth-order valence-corrected chi connectivity index (χ4v) is 23.5. The SMILES string of the molecule is CC(C)c1cc2c3ccccc3n3c4ccccc4c(c1)c23.CC(C)n1c2c3ccccc3ccc2c2ccc3ccccc3c21.CC(C)n1c2cc3ccccc3cc2c2cc3ccccc3cc21.CC(C)n1c2cc3ccccc3cc2c2ccc3ccccc3c21.CC(C)n1c2ccc3ccccc3c2c2c3ccccc3ccc21.Cc1ccc2c(c1)c1c3ccccc3ccc1n2C(C)C. The van der Waals surface area contributed by atoms with Gasteiger partial charge in [0.25, 0.3) is 0 Å². The summed E-state index contributed by atoms with van der Waals surface area (Å²) in [6.45, 7) is 29.4. The van der Waals surface area contributed by atoms with Crippen molar-refractivity contribution in [3.63, 3.8) is 0 Å². The Labute approximate surface area is 809 Å². The molecule has 139 heavy (non-hydrogen) atoms. The molecule has 0 bridgehead atoms. The monoisotopic (exact) mass is 1790 g/mol. The Morgan fingerprint density at radius 3 is 0.791 bits per heavy atom. The molecule has 29 aromatic rings. The van der Waals surface area contributed by atoms with E-state index in [1.54, 1.807) is 0 Å². The Bertz CT molecular complexity index is 9530. The van der Waals surface area contributed by atoms with Crippen molar-refractivity contribution >= 4 is 244 Å². The smallest absolute Gasteiger partial charge is 0.0620 e. The van der Waals surface area contributed by atoms with Crippen molar-refractivity contribution in [2.45, 2.75) is 126 Å². The van der Waals surface area contributed by atoms with E-state index in [2.05, 4.69) is 524 Å². The van der Waals surface area contributed by atoms with Gasteiger partial charge in [0, 0.05) is 149 Å². The van der Waals surface area contributed by atoms with Crippen LogP contribution in [0.1, 0.15) is 130 Å². The van der Waals surface area contributed by atoms with Crippen molar-refractivity contribution in [2.75, 3.05) is 0 Å². The molecule has 7 aromatic heterocycles. The van der Waals surface area contributed by atoms with Gasteiger partial charge in [0.05, 0.1) is 44.1 Å². The van der Waals surface area contributed by atoms with E-state index in [1.807, 2.05) is 0 Å². The van der Waals surface area contributed by atoms with Gasteiger partial charge in [-0.25, -0.2) is 0 Å². The maximum Gasteiger partial charge on any atom is 0.0620 e. The second-order valence-electron chi connectivity index (χ2n) is 40.1. The molecule has 0 aliphatic heterocycles. The molecule has 0 spiro atoms. The third-order valence-electron chi connectivity index (χ3n) is 29.6. The molecule has 6 nitrogen and oxygen atoms in total. The van der Waals surface area contributed by atoms with Gasteiger partial charge in [-0.15, -0.1) is 0 Å².